The van der Waals surface area contributed by atoms with Crippen LogP contribution < -0.4 is 11.3 Å². The number of hydrogen-bond donors (Lipinski definition) is 2. The van der Waals surface area contributed by atoms with Crippen LogP contribution in [0.3, 0.4) is 0 Å². The molecule has 0 bridgehead atoms. The van der Waals surface area contributed by atoms with Gasteiger partial charge in [-0.05, 0) is 0 Å². The van der Waals surface area contributed by atoms with Crippen molar-refractivity contribution in [3.8, 4) is 0 Å². The number of rotatable bonds is 1. The maximum atomic E-state index is 5.03. The summed E-state index contributed by atoms with van der Waals surface area (Å²) in [4.78, 5) is 3.83. The van der Waals surface area contributed by atoms with E-state index in [0.717, 1.165) is 4.73 Å². The van der Waals surface area contributed by atoms with E-state index in [2.05, 4.69) is 16.2 Å². The zero-order valence-electron chi connectivity index (χ0n) is 4.43. The van der Waals surface area contributed by atoms with Crippen molar-refractivity contribution >= 4 is 19.7 Å². The molecule has 0 aliphatic carbocycles. The number of nitrogens with two attached hydrogens (primary N) is 1. The fourth-order valence-corrected chi connectivity index (χ4v) is 0.845. The van der Waals surface area contributed by atoms with Gasteiger partial charge in [-0.3, -0.25) is 0 Å². The van der Waals surface area contributed by atoms with Gasteiger partial charge in [-0.25, -0.2) is 0 Å². The number of hydrogen-bond acceptors (Lipinski definition) is 2. The first-order chi connectivity index (χ1) is 3.35. The molecule has 0 amide bonds. The van der Waals surface area contributed by atoms with Gasteiger partial charge in [-0.15, -0.1) is 0 Å². The van der Waals surface area contributed by atoms with Crippen molar-refractivity contribution in [3.05, 3.63) is 0 Å². The Morgan fingerprint density at radius 1 is 1.86 bits per heavy atom. The van der Waals surface area contributed by atoms with Crippen molar-refractivity contribution in [2.75, 3.05) is 7.05 Å². The van der Waals surface area contributed by atoms with Gasteiger partial charge in [0, 0.05) is 0 Å². The molecule has 0 rings (SSSR count). The van der Waals surface area contributed by atoms with E-state index < -0.39 is 0 Å². The Hall–Kier alpha value is -0.0505. The summed E-state index contributed by atoms with van der Waals surface area (Å²) in [6.07, 6.45) is 0. The van der Waals surface area contributed by atoms with Gasteiger partial charge in [0.05, 0.1) is 0 Å². The fourth-order valence-electron chi connectivity index (χ4n) is 0.215. The van der Waals surface area contributed by atoms with Crippen LogP contribution in [0.15, 0.2) is 4.99 Å². The van der Waals surface area contributed by atoms with Gasteiger partial charge in [0.2, 0.25) is 0 Å². The second-order valence-corrected chi connectivity index (χ2v) is 2.55. The quantitative estimate of drug-likeness (QED) is 0.176. The minimum atomic E-state index is 0.406. The normalized spacial score (nSPS) is 11.6. The van der Waals surface area contributed by atoms with Crippen LogP contribution in [0, 0.1) is 0 Å². The monoisotopic (exact) mass is 167 g/mol. The molecule has 0 heterocycles. The molecular formula is C3H9N3Se. The molecule has 3 N–H and O–H groups in total. The Balaban J connectivity index is 3.38. The molecule has 7 heavy (non-hydrogen) atoms. The van der Waals surface area contributed by atoms with Crippen LogP contribution in [-0.2, 0) is 0 Å². The Kier molecular flexibility index (Phi) is 4.09. The molecule has 42 valence electrons. The Morgan fingerprint density at radius 2 is 2.43 bits per heavy atom. The first-order valence-electron chi connectivity index (χ1n) is 1.82. The zero-order chi connectivity index (χ0) is 5.70. The van der Waals surface area contributed by atoms with Crippen molar-refractivity contribution < 1.29 is 0 Å². The predicted octanol–water partition coefficient (Wildman–Crippen LogP) is -0.812. The molecule has 0 radical (unpaired) electrons. The van der Waals surface area contributed by atoms with Crippen LogP contribution >= 0.6 is 0 Å². The van der Waals surface area contributed by atoms with Crippen LogP contribution in [0.1, 0.15) is 0 Å². The summed E-state index contributed by atoms with van der Waals surface area (Å²) >= 11 is 0.406. The number of nitrogens with zero attached hydrogens (tertiary/aromatic N) is 1. The SMILES string of the molecule is CN=C(NN)[Se]C. The molecule has 0 aromatic heterocycles. The average Bonchev–Trinajstić information content (AvgIpc) is 1.72. The second kappa shape index (κ2) is 4.12. The number of hydrazine groups is 1. The van der Waals surface area contributed by atoms with E-state index in [1.54, 1.807) is 7.05 Å². The first-order valence-corrected chi connectivity index (χ1v) is 4.39. The van der Waals surface area contributed by atoms with E-state index in [1.807, 2.05) is 0 Å². The van der Waals surface area contributed by atoms with Crippen molar-refractivity contribution in [1.82, 2.24) is 5.43 Å². The van der Waals surface area contributed by atoms with Crippen molar-refractivity contribution in [1.29, 1.82) is 0 Å². The maximum absolute atomic E-state index is 5.03. The molecule has 0 unspecified atom stereocenters. The molecule has 0 aromatic carbocycles. The van der Waals surface area contributed by atoms with Crippen LogP contribution in [0.2, 0.25) is 5.82 Å². The minimum absolute atomic E-state index is 0.406. The summed E-state index contributed by atoms with van der Waals surface area (Å²) in [5, 5.41) is 0. The van der Waals surface area contributed by atoms with Gasteiger partial charge in [0.25, 0.3) is 0 Å². The summed E-state index contributed by atoms with van der Waals surface area (Å²) in [7, 11) is 1.72. The third-order valence-electron chi connectivity index (χ3n) is 0.520. The third-order valence-corrected chi connectivity index (χ3v) is 1.96. The predicted molar refractivity (Wildman–Crippen MR) is 32.3 cm³/mol. The van der Waals surface area contributed by atoms with Crippen LogP contribution in [0.4, 0.5) is 0 Å². The summed E-state index contributed by atoms with van der Waals surface area (Å²) < 4.78 is 0.896. The van der Waals surface area contributed by atoms with Crippen LogP contribution in [0.25, 0.3) is 0 Å². The number of aliphatic imine (C=N–C) groups is 1. The Bertz CT molecular complexity index is 64.6. The molecule has 0 saturated heterocycles. The molecule has 0 spiro atoms. The van der Waals surface area contributed by atoms with Crippen molar-refractivity contribution in [3.63, 3.8) is 0 Å². The van der Waals surface area contributed by atoms with E-state index in [9.17, 15) is 0 Å². The topological polar surface area (TPSA) is 50.4 Å². The standard InChI is InChI=1S/C3H9N3Se/c1-5-3(6-4)7-2/h4H2,1-2H3,(H,5,6). The van der Waals surface area contributed by atoms with E-state index in [0.29, 0.717) is 15.0 Å². The number of amidine groups is 1. The molecule has 3 nitrogen and oxygen atoms in total. The van der Waals surface area contributed by atoms with Crippen molar-refractivity contribution in [2.45, 2.75) is 5.82 Å². The first kappa shape index (κ1) is 6.95. The average molecular weight is 166 g/mol. The molecule has 0 aliphatic rings. The zero-order valence-corrected chi connectivity index (χ0v) is 6.15. The van der Waals surface area contributed by atoms with E-state index >= 15 is 0 Å². The summed E-state index contributed by atoms with van der Waals surface area (Å²) in [6.45, 7) is 0. The Labute approximate surface area is 49.5 Å². The second-order valence-electron chi connectivity index (χ2n) is 0.877. The molecule has 0 fully saturated rings. The molecule has 0 aliphatic heterocycles. The van der Waals surface area contributed by atoms with Crippen LogP contribution in [0.5, 0.6) is 0 Å². The van der Waals surface area contributed by atoms with E-state index in [1.165, 1.54) is 0 Å². The number of nitrogens with one attached hydrogen (secondary N) is 1. The van der Waals surface area contributed by atoms with Gasteiger partial charge in [0.1, 0.15) is 0 Å². The summed E-state index contributed by atoms with van der Waals surface area (Å²) in [6, 6.07) is 0. The molecule has 0 atom stereocenters. The van der Waals surface area contributed by atoms with E-state index in [-0.39, 0.29) is 0 Å². The molecule has 0 aromatic rings. The van der Waals surface area contributed by atoms with Gasteiger partial charge in [-0.2, -0.15) is 0 Å². The Morgan fingerprint density at radius 3 is 2.43 bits per heavy atom. The van der Waals surface area contributed by atoms with Gasteiger partial charge in [-0.1, -0.05) is 0 Å². The van der Waals surface area contributed by atoms with Gasteiger partial charge in [0.15, 0.2) is 0 Å². The van der Waals surface area contributed by atoms with Gasteiger partial charge < -0.3 is 0 Å². The molecule has 4 heteroatoms. The molecule has 0 saturated carbocycles. The van der Waals surface area contributed by atoms with E-state index in [4.69, 9.17) is 5.84 Å². The summed E-state index contributed by atoms with van der Waals surface area (Å²) in [5.74, 6) is 7.08. The fraction of sp³-hybridized carbons (Fsp3) is 0.667. The molecular weight excluding hydrogens is 157 g/mol. The van der Waals surface area contributed by atoms with Crippen LogP contribution in [-0.4, -0.2) is 26.7 Å². The van der Waals surface area contributed by atoms with Gasteiger partial charge >= 0.3 is 48.8 Å². The van der Waals surface area contributed by atoms with Crippen molar-refractivity contribution in [2.24, 2.45) is 10.8 Å². The summed E-state index contributed by atoms with van der Waals surface area (Å²) in [5.41, 5.74) is 2.48. The third kappa shape index (κ3) is 2.62.